The van der Waals surface area contributed by atoms with Crippen LogP contribution in [-0.2, 0) is 0 Å². The Kier molecular flexibility index (Phi) is 6.02. The molecule has 142 valence electrons. The van der Waals surface area contributed by atoms with Gasteiger partial charge in [0.1, 0.15) is 5.69 Å². The van der Waals surface area contributed by atoms with Crippen LogP contribution < -0.4 is 5.32 Å². The van der Waals surface area contributed by atoms with Crippen LogP contribution in [0.4, 0.5) is 16.2 Å². The summed E-state index contributed by atoms with van der Waals surface area (Å²) in [6, 6.07) is 11.4. The predicted molar refractivity (Wildman–Crippen MR) is 107 cm³/mol. The van der Waals surface area contributed by atoms with Crippen molar-refractivity contribution in [1.82, 2.24) is 9.88 Å². The minimum atomic E-state index is -0.485. The van der Waals surface area contributed by atoms with Crippen LogP contribution in [-0.4, -0.2) is 33.9 Å². The number of likely N-dealkylation sites (tertiary alicyclic amines) is 1. The summed E-state index contributed by atoms with van der Waals surface area (Å²) < 4.78 is 0. The van der Waals surface area contributed by atoms with Gasteiger partial charge >= 0.3 is 6.03 Å². The Balaban J connectivity index is 1.54. The second-order valence-corrected chi connectivity index (χ2v) is 6.46. The highest BCUT2D eigenvalue weighted by molar-refractivity contribution is 5.89. The summed E-state index contributed by atoms with van der Waals surface area (Å²) in [6.07, 6.45) is 3.40. The summed E-state index contributed by atoms with van der Waals surface area (Å²) in [6.45, 7) is 3.09. The third-order valence-electron chi connectivity index (χ3n) is 4.37. The van der Waals surface area contributed by atoms with Gasteiger partial charge in [-0.15, -0.1) is 0 Å². The van der Waals surface area contributed by atoms with Crippen LogP contribution in [0.2, 0.25) is 0 Å². The van der Waals surface area contributed by atoms with E-state index in [0.717, 1.165) is 24.2 Å². The van der Waals surface area contributed by atoms with E-state index in [1.807, 2.05) is 31.2 Å². The molecule has 3 rings (SSSR count). The highest BCUT2D eigenvalue weighted by atomic mass is 16.6. The summed E-state index contributed by atoms with van der Waals surface area (Å²) in [5.74, 6) is 6.07. The Hall–Kier alpha value is -3.66. The maximum absolute atomic E-state index is 12.4. The first-order chi connectivity index (χ1) is 13.5. The van der Waals surface area contributed by atoms with Crippen LogP contribution in [0.5, 0.6) is 0 Å². The van der Waals surface area contributed by atoms with E-state index in [1.165, 1.54) is 17.7 Å². The van der Waals surface area contributed by atoms with Crippen LogP contribution in [0.15, 0.2) is 54.1 Å². The lowest BCUT2D eigenvalue weighted by Gasteiger charge is -2.28. The van der Waals surface area contributed by atoms with E-state index in [1.54, 1.807) is 17.0 Å². The predicted octanol–water partition coefficient (Wildman–Crippen LogP) is 3.90. The number of carbonyl (C=O) groups excluding carboxylic acids is 1. The fourth-order valence-corrected chi connectivity index (χ4v) is 2.87. The zero-order valence-electron chi connectivity index (χ0n) is 15.5. The molecule has 0 saturated carbocycles. The number of nitro groups is 1. The number of benzene rings is 1. The number of urea groups is 1. The number of aromatic nitrogens is 1. The molecule has 1 aromatic heterocycles. The lowest BCUT2D eigenvalue weighted by Crippen LogP contribution is -2.39. The third-order valence-corrected chi connectivity index (χ3v) is 4.37. The van der Waals surface area contributed by atoms with Gasteiger partial charge in [-0.25, -0.2) is 9.78 Å². The molecule has 0 aliphatic carbocycles. The quantitative estimate of drug-likeness (QED) is 0.489. The molecule has 0 unspecified atom stereocenters. The van der Waals surface area contributed by atoms with Crippen molar-refractivity contribution in [3.63, 3.8) is 0 Å². The standard InChI is InChI=1S/C21H20N4O3/c1-16-5-2-7-18(22-16)8-3-6-17-11-13-24(14-12-17)21(26)23-19-9-4-10-20(15-19)25(27)28/h2,4-7,9-10,15H,11-14H2,1H3,(H,23,26). The Morgan fingerprint density at radius 3 is 2.71 bits per heavy atom. The second kappa shape index (κ2) is 8.82. The van der Waals surface area contributed by atoms with Gasteiger partial charge in [-0.1, -0.05) is 23.6 Å². The Morgan fingerprint density at radius 2 is 2.00 bits per heavy atom. The number of non-ortho nitro benzene ring substituents is 1. The molecule has 7 heteroatoms. The van der Waals surface area contributed by atoms with Crippen molar-refractivity contribution in [1.29, 1.82) is 0 Å². The fourth-order valence-electron chi connectivity index (χ4n) is 2.87. The number of hydrogen-bond donors (Lipinski definition) is 1. The number of amides is 2. The van der Waals surface area contributed by atoms with Gasteiger partial charge in [-0.3, -0.25) is 10.1 Å². The molecule has 2 amide bonds. The van der Waals surface area contributed by atoms with Crippen molar-refractivity contribution in [3.05, 3.63) is 75.6 Å². The van der Waals surface area contributed by atoms with Crippen molar-refractivity contribution in [2.45, 2.75) is 19.8 Å². The van der Waals surface area contributed by atoms with Crippen molar-refractivity contribution in [3.8, 4) is 11.8 Å². The number of nitrogens with zero attached hydrogens (tertiary/aromatic N) is 3. The lowest BCUT2D eigenvalue weighted by atomic mass is 10.0. The van der Waals surface area contributed by atoms with E-state index >= 15 is 0 Å². The van der Waals surface area contributed by atoms with Crippen molar-refractivity contribution >= 4 is 17.4 Å². The zero-order chi connectivity index (χ0) is 19.9. The van der Waals surface area contributed by atoms with Crippen LogP contribution in [0.3, 0.4) is 0 Å². The lowest BCUT2D eigenvalue weighted by molar-refractivity contribution is -0.384. The van der Waals surface area contributed by atoms with Crippen LogP contribution >= 0.6 is 0 Å². The topological polar surface area (TPSA) is 88.4 Å². The first-order valence-electron chi connectivity index (χ1n) is 8.95. The SMILES string of the molecule is Cc1cccc(C#CC=C2CCN(C(=O)Nc3cccc([N+](=O)[O-])c3)CC2)n1. The molecule has 0 atom stereocenters. The molecule has 1 aliphatic heterocycles. The van der Waals surface area contributed by atoms with Gasteiger partial charge in [-0.05, 0) is 50.0 Å². The molecule has 1 aliphatic rings. The smallest absolute Gasteiger partial charge is 0.321 e. The van der Waals surface area contributed by atoms with Crippen LogP contribution in [0.25, 0.3) is 0 Å². The third kappa shape index (κ3) is 5.17. The number of allylic oxidation sites excluding steroid dienone is 1. The van der Waals surface area contributed by atoms with E-state index in [-0.39, 0.29) is 11.7 Å². The first kappa shape index (κ1) is 19.1. The normalized spacial score (nSPS) is 13.3. The fraction of sp³-hybridized carbons (Fsp3) is 0.238. The molecule has 2 heterocycles. The summed E-state index contributed by atoms with van der Waals surface area (Å²) in [4.78, 5) is 28.8. The Morgan fingerprint density at radius 1 is 1.25 bits per heavy atom. The number of pyridine rings is 1. The molecule has 0 radical (unpaired) electrons. The number of piperidine rings is 1. The van der Waals surface area contributed by atoms with E-state index in [0.29, 0.717) is 18.8 Å². The monoisotopic (exact) mass is 376 g/mol. The van der Waals surface area contributed by atoms with Crippen LogP contribution in [0, 0.1) is 28.9 Å². The van der Waals surface area contributed by atoms with Gasteiger partial charge in [0.05, 0.1) is 4.92 Å². The van der Waals surface area contributed by atoms with Crippen molar-refractivity contribution in [2.75, 3.05) is 18.4 Å². The minimum Gasteiger partial charge on any atom is -0.324 e. The highest BCUT2D eigenvalue weighted by Gasteiger charge is 2.19. The van der Waals surface area contributed by atoms with Crippen molar-refractivity contribution in [2.24, 2.45) is 0 Å². The zero-order valence-corrected chi connectivity index (χ0v) is 15.5. The number of nitro benzene ring substituents is 1. The number of aryl methyl sites for hydroxylation is 1. The summed E-state index contributed by atoms with van der Waals surface area (Å²) >= 11 is 0. The maximum atomic E-state index is 12.4. The summed E-state index contributed by atoms with van der Waals surface area (Å²) in [7, 11) is 0. The van der Waals surface area contributed by atoms with Gasteiger partial charge in [0, 0.05) is 36.6 Å². The Labute approximate surface area is 163 Å². The van der Waals surface area contributed by atoms with Gasteiger partial charge in [-0.2, -0.15) is 0 Å². The van der Waals surface area contributed by atoms with E-state index in [2.05, 4.69) is 22.1 Å². The number of carbonyl (C=O) groups is 1. The van der Waals surface area contributed by atoms with E-state index in [9.17, 15) is 14.9 Å². The first-order valence-corrected chi connectivity index (χ1v) is 8.95. The summed E-state index contributed by atoms with van der Waals surface area (Å²) in [5, 5.41) is 13.5. The molecule has 1 N–H and O–H groups in total. The molecule has 1 saturated heterocycles. The van der Waals surface area contributed by atoms with Gasteiger partial charge in [0.25, 0.3) is 5.69 Å². The van der Waals surface area contributed by atoms with Gasteiger partial charge < -0.3 is 10.2 Å². The highest BCUT2D eigenvalue weighted by Crippen LogP contribution is 2.20. The van der Waals surface area contributed by atoms with E-state index in [4.69, 9.17) is 0 Å². The molecule has 1 aromatic carbocycles. The molecule has 0 bridgehead atoms. The second-order valence-electron chi connectivity index (χ2n) is 6.46. The molecular formula is C21H20N4O3. The average molecular weight is 376 g/mol. The molecule has 2 aromatic rings. The van der Waals surface area contributed by atoms with Crippen LogP contribution in [0.1, 0.15) is 24.2 Å². The average Bonchev–Trinajstić information content (AvgIpc) is 2.69. The maximum Gasteiger partial charge on any atom is 0.321 e. The summed E-state index contributed by atoms with van der Waals surface area (Å²) in [5.41, 5.74) is 3.23. The van der Waals surface area contributed by atoms with E-state index < -0.39 is 4.92 Å². The number of nitrogens with one attached hydrogen (secondary N) is 1. The number of anilines is 1. The molecule has 7 nitrogen and oxygen atoms in total. The number of hydrogen-bond acceptors (Lipinski definition) is 4. The van der Waals surface area contributed by atoms with Gasteiger partial charge in [0.2, 0.25) is 0 Å². The molecular weight excluding hydrogens is 356 g/mol. The molecule has 0 spiro atoms. The van der Waals surface area contributed by atoms with Gasteiger partial charge in [0.15, 0.2) is 0 Å². The molecule has 1 fully saturated rings. The van der Waals surface area contributed by atoms with Crippen molar-refractivity contribution < 1.29 is 9.72 Å². The minimum absolute atomic E-state index is 0.0525. The largest absolute Gasteiger partial charge is 0.324 e. The Bertz CT molecular complexity index is 978. The molecule has 28 heavy (non-hydrogen) atoms. The number of rotatable bonds is 2.